The van der Waals surface area contributed by atoms with E-state index in [2.05, 4.69) is 10.1 Å². The Bertz CT molecular complexity index is 998. The summed E-state index contributed by atoms with van der Waals surface area (Å²) in [6, 6.07) is 10.8. The van der Waals surface area contributed by atoms with Crippen molar-refractivity contribution < 1.29 is 22.4 Å². The normalized spacial score (nSPS) is 11.6. The van der Waals surface area contributed by atoms with Crippen LogP contribution in [0.15, 0.2) is 47.0 Å². The minimum atomic E-state index is -3.13. The Kier molecular flexibility index (Phi) is 4.54. The number of hydrogen-bond acceptors (Lipinski definition) is 6. The highest BCUT2D eigenvalue weighted by Gasteiger charge is 2.15. The maximum absolute atomic E-state index is 13.1. The second-order valence-electron chi connectivity index (χ2n) is 5.63. The van der Waals surface area contributed by atoms with E-state index in [1.54, 1.807) is 24.3 Å². The quantitative estimate of drug-likeness (QED) is 0.750. The molecule has 3 rings (SSSR count). The highest BCUT2D eigenvalue weighted by atomic mass is 32.2. The molecule has 0 aliphatic carbocycles. The molecule has 8 heteroatoms. The molecular weight excluding hydrogens is 347 g/mol. The Morgan fingerprint density at radius 1 is 1.12 bits per heavy atom. The predicted octanol–water partition coefficient (Wildman–Crippen LogP) is 2.84. The van der Waals surface area contributed by atoms with Gasteiger partial charge in [0.2, 0.25) is 0 Å². The van der Waals surface area contributed by atoms with Crippen LogP contribution in [0.1, 0.15) is 5.82 Å². The summed E-state index contributed by atoms with van der Waals surface area (Å²) in [6.07, 6.45) is 1.26. The minimum Gasteiger partial charge on any atom is -0.507 e. The molecule has 0 fully saturated rings. The number of aromatic nitrogens is 2. The number of aryl methyl sites for hydroxylation is 1. The molecular formula is C17H15FN2O4S. The number of benzene rings is 2. The molecule has 0 radical (unpaired) electrons. The minimum absolute atomic E-state index is 0.0517. The standard InChI is InChI=1S/C17H15FN2O4S/c1-25(22,23)9-8-16-19-17(24-20-16)14-10-12(4-7-15(14)21)11-2-5-13(18)6-3-11/h2-7,10,21H,8-9H2,1H3. The largest absolute Gasteiger partial charge is 0.507 e. The van der Waals surface area contributed by atoms with Gasteiger partial charge in [-0.05, 0) is 35.4 Å². The maximum Gasteiger partial charge on any atom is 0.261 e. The van der Waals surface area contributed by atoms with E-state index in [1.807, 2.05) is 0 Å². The Hall–Kier alpha value is -2.74. The third kappa shape index (κ3) is 4.21. The van der Waals surface area contributed by atoms with Gasteiger partial charge in [0, 0.05) is 12.7 Å². The van der Waals surface area contributed by atoms with Gasteiger partial charge in [-0.15, -0.1) is 0 Å². The second-order valence-corrected chi connectivity index (χ2v) is 7.89. The number of rotatable bonds is 5. The van der Waals surface area contributed by atoms with E-state index >= 15 is 0 Å². The van der Waals surface area contributed by atoms with Gasteiger partial charge in [-0.25, -0.2) is 12.8 Å². The Morgan fingerprint density at radius 3 is 2.48 bits per heavy atom. The number of sulfone groups is 1. The number of hydrogen-bond donors (Lipinski definition) is 1. The number of halogens is 1. The summed E-state index contributed by atoms with van der Waals surface area (Å²) in [4.78, 5) is 4.13. The first kappa shape index (κ1) is 17.1. The molecule has 25 heavy (non-hydrogen) atoms. The Labute approximate surface area is 143 Å². The lowest BCUT2D eigenvalue weighted by Crippen LogP contribution is -2.06. The molecule has 2 aromatic carbocycles. The van der Waals surface area contributed by atoms with Gasteiger partial charge >= 0.3 is 0 Å². The zero-order valence-electron chi connectivity index (χ0n) is 13.3. The van der Waals surface area contributed by atoms with Crippen molar-refractivity contribution in [2.75, 3.05) is 12.0 Å². The van der Waals surface area contributed by atoms with E-state index in [0.717, 1.165) is 17.4 Å². The molecule has 1 aromatic heterocycles. The topological polar surface area (TPSA) is 93.3 Å². The number of nitrogens with zero attached hydrogens (tertiary/aromatic N) is 2. The monoisotopic (exact) mass is 362 g/mol. The summed E-state index contributed by atoms with van der Waals surface area (Å²) in [5.74, 6) is -0.149. The molecule has 0 atom stereocenters. The van der Waals surface area contributed by atoms with Crippen LogP contribution in [0.3, 0.4) is 0 Å². The first-order valence-corrected chi connectivity index (χ1v) is 9.47. The van der Waals surface area contributed by atoms with Gasteiger partial charge in [0.05, 0.1) is 11.3 Å². The van der Waals surface area contributed by atoms with E-state index in [1.165, 1.54) is 18.2 Å². The van der Waals surface area contributed by atoms with Crippen molar-refractivity contribution >= 4 is 9.84 Å². The molecule has 0 aliphatic heterocycles. The average molecular weight is 362 g/mol. The van der Waals surface area contributed by atoms with Crippen LogP contribution in [-0.2, 0) is 16.3 Å². The Balaban J connectivity index is 1.91. The van der Waals surface area contributed by atoms with Crippen LogP contribution in [0.25, 0.3) is 22.6 Å². The Morgan fingerprint density at radius 2 is 1.80 bits per heavy atom. The van der Waals surface area contributed by atoms with Gasteiger partial charge in [0.15, 0.2) is 5.82 Å². The van der Waals surface area contributed by atoms with Crippen LogP contribution in [0.2, 0.25) is 0 Å². The molecule has 3 aromatic rings. The molecule has 0 saturated carbocycles. The third-order valence-electron chi connectivity index (χ3n) is 3.57. The zero-order valence-corrected chi connectivity index (χ0v) is 14.1. The summed E-state index contributed by atoms with van der Waals surface area (Å²) in [7, 11) is -3.13. The predicted molar refractivity (Wildman–Crippen MR) is 90.2 cm³/mol. The van der Waals surface area contributed by atoms with Crippen molar-refractivity contribution in [3.63, 3.8) is 0 Å². The molecule has 0 spiro atoms. The number of aromatic hydroxyl groups is 1. The molecule has 0 unspecified atom stereocenters. The summed E-state index contributed by atoms with van der Waals surface area (Å²) in [5.41, 5.74) is 1.82. The zero-order chi connectivity index (χ0) is 18.0. The van der Waals surface area contributed by atoms with Crippen LogP contribution >= 0.6 is 0 Å². The molecule has 0 saturated heterocycles. The molecule has 0 aliphatic rings. The van der Waals surface area contributed by atoms with Crippen molar-refractivity contribution in [1.29, 1.82) is 0 Å². The van der Waals surface area contributed by atoms with E-state index in [9.17, 15) is 17.9 Å². The van der Waals surface area contributed by atoms with E-state index in [4.69, 9.17) is 4.52 Å². The first-order chi connectivity index (χ1) is 11.8. The van der Waals surface area contributed by atoms with Gasteiger partial charge in [-0.3, -0.25) is 0 Å². The molecule has 6 nitrogen and oxygen atoms in total. The lowest BCUT2D eigenvalue weighted by Gasteiger charge is -2.05. The van der Waals surface area contributed by atoms with Crippen LogP contribution in [0, 0.1) is 5.82 Å². The van der Waals surface area contributed by atoms with Crippen molar-refractivity contribution in [1.82, 2.24) is 10.1 Å². The summed E-state index contributed by atoms with van der Waals surface area (Å²) in [6.45, 7) is 0. The third-order valence-corrected chi connectivity index (χ3v) is 4.51. The smallest absolute Gasteiger partial charge is 0.261 e. The maximum atomic E-state index is 13.1. The summed E-state index contributed by atoms with van der Waals surface area (Å²) in [5, 5.41) is 13.8. The highest BCUT2D eigenvalue weighted by Crippen LogP contribution is 2.32. The molecule has 0 bridgehead atoms. The van der Waals surface area contributed by atoms with E-state index in [0.29, 0.717) is 5.56 Å². The van der Waals surface area contributed by atoms with Crippen LogP contribution in [0.4, 0.5) is 4.39 Å². The molecule has 1 N–H and O–H groups in total. The number of phenolic OH excluding ortho intramolecular Hbond substituents is 1. The highest BCUT2D eigenvalue weighted by molar-refractivity contribution is 7.90. The molecule has 0 amide bonds. The van der Waals surface area contributed by atoms with Crippen molar-refractivity contribution in [3.05, 3.63) is 54.1 Å². The summed E-state index contributed by atoms with van der Waals surface area (Å²) >= 11 is 0. The van der Waals surface area contributed by atoms with Gasteiger partial charge < -0.3 is 9.63 Å². The van der Waals surface area contributed by atoms with E-state index in [-0.39, 0.29) is 35.5 Å². The summed E-state index contributed by atoms with van der Waals surface area (Å²) < 4.78 is 40.6. The van der Waals surface area contributed by atoms with Gasteiger partial charge in [-0.1, -0.05) is 23.4 Å². The fraction of sp³-hybridized carbons (Fsp3) is 0.176. The SMILES string of the molecule is CS(=O)(=O)CCc1noc(-c2cc(-c3ccc(F)cc3)ccc2O)n1. The lowest BCUT2D eigenvalue weighted by molar-refractivity contribution is 0.418. The first-order valence-electron chi connectivity index (χ1n) is 7.41. The van der Waals surface area contributed by atoms with Crippen molar-refractivity contribution in [3.8, 4) is 28.3 Å². The van der Waals surface area contributed by atoms with Crippen LogP contribution in [0.5, 0.6) is 5.75 Å². The van der Waals surface area contributed by atoms with Crippen LogP contribution < -0.4 is 0 Å². The second kappa shape index (κ2) is 6.64. The molecule has 130 valence electrons. The van der Waals surface area contributed by atoms with E-state index < -0.39 is 9.84 Å². The van der Waals surface area contributed by atoms with Crippen molar-refractivity contribution in [2.24, 2.45) is 0 Å². The lowest BCUT2D eigenvalue weighted by atomic mass is 10.0. The average Bonchev–Trinajstić information content (AvgIpc) is 3.02. The molecule has 1 heterocycles. The van der Waals surface area contributed by atoms with Gasteiger partial charge in [0.1, 0.15) is 21.4 Å². The fourth-order valence-corrected chi connectivity index (χ4v) is 2.82. The van der Waals surface area contributed by atoms with Gasteiger partial charge in [-0.2, -0.15) is 4.98 Å². The van der Waals surface area contributed by atoms with Gasteiger partial charge in [0.25, 0.3) is 5.89 Å². The van der Waals surface area contributed by atoms with Crippen molar-refractivity contribution in [2.45, 2.75) is 6.42 Å². The number of phenols is 1. The fourth-order valence-electron chi connectivity index (χ4n) is 2.27. The van der Waals surface area contributed by atoms with Crippen LogP contribution in [-0.4, -0.2) is 35.7 Å².